The number of morpholine rings is 1. The zero-order chi connectivity index (χ0) is 15.4. The van der Waals surface area contributed by atoms with Crippen LogP contribution in [-0.2, 0) is 9.53 Å². The van der Waals surface area contributed by atoms with Gasteiger partial charge in [-0.15, -0.1) is 0 Å². The fraction of sp³-hybridized carbons (Fsp3) is 0.562. The van der Waals surface area contributed by atoms with Crippen molar-refractivity contribution in [2.45, 2.75) is 6.04 Å². The van der Waals surface area contributed by atoms with E-state index in [0.29, 0.717) is 45.0 Å². The molecule has 1 amide bonds. The van der Waals surface area contributed by atoms with E-state index in [4.69, 9.17) is 4.74 Å². The molecule has 0 saturated carbocycles. The Labute approximate surface area is 130 Å². The largest absolute Gasteiger partial charge is 0.379 e. The predicted molar refractivity (Wildman–Crippen MR) is 81.0 cm³/mol. The van der Waals surface area contributed by atoms with Gasteiger partial charge in [-0.05, 0) is 6.07 Å². The number of benzene rings is 1. The summed E-state index contributed by atoms with van der Waals surface area (Å²) < 4.78 is 19.7. The first kappa shape index (κ1) is 15.4. The summed E-state index contributed by atoms with van der Waals surface area (Å²) in [5, 5.41) is 3.24. The molecule has 0 aliphatic carbocycles. The highest BCUT2D eigenvalue weighted by Gasteiger charge is 2.34. The Bertz CT molecular complexity index is 514. The van der Waals surface area contributed by atoms with Crippen LogP contribution in [-0.4, -0.2) is 68.2 Å². The molecule has 1 atom stereocenters. The topological polar surface area (TPSA) is 44.8 Å². The summed E-state index contributed by atoms with van der Waals surface area (Å²) >= 11 is 0. The summed E-state index contributed by atoms with van der Waals surface area (Å²) in [5.74, 6) is -0.323. The van der Waals surface area contributed by atoms with Gasteiger partial charge in [-0.25, -0.2) is 4.39 Å². The van der Waals surface area contributed by atoms with Crippen molar-refractivity contribution in [2.24, 2.45) is 0 Å². The SMILES string of the molecule is O=C([C@@H](c1ccccc1F)N1CCOCC1)N1CCNCC1. The molecule has 0 bridgehead atoms. The van der Waals surface area contributed by atoms with Gasteiger partial charge in [-0.2, -0.15) is 0 Å². The van der Waals surface area contributed by atoms with Crippen molar-refractivity contribution in [2.75, 3.05) is 52.5 Å². The van der Waals surface area contributed by atoms with Crippen LogP contribution in [0, 0.1) is 5.82 Å². The molecule has 0 radical (unpaired) electrons. The lowest BCUT2D eigenvalue weighted by Crippen LogP contribution is -2.52. The van der Waals surface area contributed by atoms with Crippen molar-refractivity contribution in [3.63, 3.8) is 0 Å². The molecular formula is C16H22FN3O2. The lowest BCUT2D eigenvalue weighted by atomic mass is 10.0. The second-order valence-corrected chi connectivity index (χ2v) is 5.65. The molecule has 2 aliphatic heterocycles. The molecular weight excluding hydrogens is 285 g/mol. The maximum Gasteiger partial charge on any atom is 0.244 e. The third kappa shape index (κ3) is 3.29. The average molecular weight is 307 g/mol. The Balaban J connectivity index is 1.88. The van der Waals surface area contributed by atoms with Gasteiger partial charge in [-0.3, -0.25) is 9.69 Å². The molecule has 5 nitrogen and oxygen atoms in total. The number of rotatable bonds is 3. The molecule has 0 aromatic heterocycles. The molecule has 6 heteroatoms. The van der Waals surface area contributed by atoms with Gasteiger partial charge in [0.25, 0.3) is 0 Å². The fourth-order valence-corrected chi connectivity index (χ4v) is 3.08. The maximum atomic E-state index is 14.3. The Morgan fingerprint density at radius 2 is 1.82 bits per heavy atom. The Morgan fingerprint density at radius 3 is 2.50 bits per heavy atom. The molecule has 2 aliphatic rings. The number of carbonyl (C=O) groups is 1. The van der Waals surface area contributed by atoms with Gasteiger partial charge in [0, 0.05) is 44.8 Å². The number of carbonyl (C=O) groups excluding carboxylic acids is 1. The molecule has 1 aromatic carbocycles. The van der Waals surface area contributed by atoms with Gasteiger partial charge in [-0.1, -0.05) is 18.2 Å². The zero-order valence-electron chi connectivity index (χ0n) is 12.6. The normalized spacial score (nSPS) is 21.6. The summed E-state index contributed by atoms with van der Waals surface area (Å²) in [6.07, 6.45) is 0. The van der Waals surface area contributed by atoms with E-state index in [9.17, 15) is 9.18 Å². The Morgan fingerprint density at radius 1 is 1.14 bits per heavy atom. The highest BCUT2D eigenvalue weighted by molar-refractivity contribution is 5.83. The van der Waals surface area contributed by atoms with Gasteiger partial charge >= 0.3 is 0 Å². The Hall–Kier alpha value is -1.50. The van der Waals surface area contributed by atoms with E-state index in [1.54, 1.807) is 18.2 Å². The maximum absolute atomic E-state index is 14.3. The average Bonchev–Trinajstić information content (AvgIpc) is 2.58. The number of amides is 1. The molecule has 0 unspecified atom stereocenters. The summed E-state index contributed by atoms with van der Waals surface area (Å²) in [7, 11) is 0. The highest BCUT2D eigenvalue weighted by atomic mass is 19.1. The number of nitrogens with one attached hydrogen (secondary N) is 1. The van der Waals surface area contributed by atoms with Crippen molar-refractivity contribution >= 4 is 5.91 Å². The van der Waals surface area contributed by atoms with Gasteiger partial charge in [0.15, 0.2) is 0 Å². The zero-order valence-corrected chi connectivity index (χ0v) is 12.6. The van der Waals surface area contributed by atoms with Gasteiger partial charge in [0.1, 0.15) is 11.9 Å². The molecule has 0 spiro atoms. The molecule has 1 N–H and O–H groups in total. The lowest BCUT2D eigenvalue weighted by Gasteiger charge is -2.38. The summed E-state index contributed by atoms with van der Waals surface area (Å²) in [6.45, 7) is 5.40. The van der Waals surface area contributed by atoms with Gasteiger partial charge < -0.3 is 15.0 Å². The van der Waals surface area contributed by atoms with Crippen molar-refractivity contribution in [3.05, 3.63) is 35.6 Å². The molecule has 2 fully saturated rings. The van der Waals surface area contributed by atoms with Crippen LogP contribution >= 0.6 is 0 Å². The van der Waals surface area contributed by atoms with Crippen LogP contribution in [0.25, 0.3) is 0 Å². The first-order valence-corrected chi connectivity index (χ1v) is 7.83. The molecule has 3 rings (SSSR count). The summed E-state index contributed by atoms with van der Waals surface area (Å²) in [4.78, 5) is 16.9. The van der Waals surface area contributed by atoms with Crippen LogP contribution in [0.5, 0.6) is 0 Å². The minimum atomic E-state index is -0.553. The van der Waals surface area contributed by atoms with Crippen LogP contribution in [0.4, 0.5) is 4.39 Å². The molecule has 2 saturated heterocycles. The second kappa shape index (κ2) is 7.17. The van der Waals surface area contributed by atoms with Crippen LogP contribution in [0.1, 0.15) is 11.6 Å². The van der Waals surface area contributed by atoms with Crippen LogP contribution in [0.3, 0.4) is 0 Å². The third-order valence-electron chi connectivity index (χ3n) is 4.27. The first-order valence-electron chi connectivity index (χ1n) is 7.83. The van der Waals surface area contributed by atoms with E-state index in [0.717, 1.165) is 13.1 Å². The van der Waals surface area contributed by atoms with Crippen LogP contribution < -0.4 is 5.32 Å². The number of ether oxygens (including phenoxy) is 1. The van der Waals surface area contributed by atoms with Crippen molar-refractivity contribution in [1.29, 1.82) is 0 Å². The van der Waals surface area contributed by atoms with Crippen LogP contribution in [0.15, 0.2) is 24.3 Å². The first-order chi connectivity index (χ1) is 10.8. The second-order valence-electron chi connectivity index (χ2n) is 5.65. The third-order valence-corrected chi connectivity index (χ3v) is 4.27. The number of halogens is 1. The van der Waals surface area contributed by atoms with E-state index < -0.39 is 6.04 Å². The predicted octanol–water partition coefficient (Wildman–Crippen LogP) is 0.631. The quantitative estimate of drug-likeness (QED) is 0.890. The van der Waals surface area contributed by atoms with Crippen LogP contribution in [0.2, 0.25) is 0 Å². The Kier molecular flexibility index (Phi) is 5.02. The fourth-order valence-electron chi connectivity index (χ4n) is 3.08. The van der Waals surface area contributed by atoms with Crippen molar-refractivity contribution in [3.8, 4) is 0 Å². The molecule has 1 aromatic rings. The van der Waals surface area contributed by atoms with E-state index in [-0.39, 0.29) is 11.7 Å². The number of hydrogen-bond acceptors (Lipinski definition) is 4. The van der Waals surface area contributed by atoms with Gasteiger partial charge in [0.2, 0.25) is 5.91 Å². The highest BCUT2D eigenvalue weighted by Crippen LogP contribution is 2.26. The van der Waals surface area contributed by atoms with E-state index in [1.807, 2.05) is 9.80 Å². The minimum absolute atomic E-state index is 0.00602. The molecule has 22 heavy (non-hydrogen) atoms. The lowest BCUT2D eigenvalue weighted by molar-refractivity contribution is -0.139. The number of nitrogens with zero attached hydrogens (tertiary/aromatic N) is 2. The minimum Gasteiger partial charge on any atom is -0.379 e. The van der Waals surface area contributed by atoms with Crippen molar-refractivity contribution < 1.29 is 13.9 Å². The smallest absolute Gasteiger partial charge is 0.244 e. The van der Waals surface area contributed by atoms with E-state index in [1.165, 1.54) is 6.07 Å². The standard InChI is InChI=1S/C16H22FN3O2/c17-14-4-2-1-3-13(14)15(19-9-11-22-12-10-19)16(21)20-7-5-18-6-8-20/h1-4,15,18H,5-12H2/t15-/m1/s1. The van der Waals surface area contributed by atoms with Crippen molar-refractivity contribution in [1.82, 2.24) is 15.1 Å². The number of hydrogen-bond donors (Lipinski definition) is 1. The van der Waals surface area contributed by atoms with E-state index in [2.05, 4.69) is 5.32 Å². The monoisotopic (exact) mass is 307 g/mol. The van der Waals surface area contributed by atoms with E-state index >= 15 is 0 Å². The molecule has 120 valence electrons. The number of piperazine rings is 1. The summed E-state index contributed by atoms with van der Waals surface area (Å²) in [6, 6.07) is 6.04. The summed E-state index contributed by atoms with van der Waals surface area (Å²) in [5.41, 5.74) is 0.466. The van der Waals surface area contributed by atoms with Gasteiger partial charge in [0.05, 0.1) is 13.2 Å². The molecule has 2 heterocycles.